The minimum atomic E-state index is -0.393. The quantitative estimate of drug-likeness (QED) is 0.391. The Morgan fingerprint density at radius 1 is 1.14 bits per heavy atom. The summed E-state index contributed by atoms with van der Waals surface area (Å²) in [5.41, 5.74) is 2.11. The summed E-state index contributed by atoms with van der Waals surface area (Å²) in [7, 11) is 1.31. The van der Waals surface area contributed by atoms with Crippen molar-refractivity contribution in [1.29, 1.82) is 0 Å². The van der Waals surface area contributed by atoms with Crippen LogP contribution in [0, 0.1) is 0 Å². The fraction of sp³-hybridized carbons (Fsp3) is 0.200. The first-order chi connectivity index (χ1) is 13.2. The second kappa shape index (κ2) is 9.96. The highest BCUT2D eigenvalue weighted by Gasteiger charge is 2.14. The zero-order valence-corrected chi connectivity index (χ0v) is 18.5. The van der Waals surface area contributed by atoms with Crippen LogP contribution in [0.4, 0.5) is 5.69 Å². The van der Waals surface area contributed by atoms with Crippen LogP contribution in [0.15, 0.2) is 46.5 Å². The van der Waals surface area contributed by atoms with E-state index in [1.54, 1.807) is 30.3 Å². The molecule has 0 saturated carbocycles. The van der Waals surface area contributed by atoms with E-state index in [0.717, 1.165) is 5.57 Å². The number of esters is 1. The molecule has 0 saturated heterocycles. The van der Waals surface area contributed by atoms with Crippen molar-refractivity contribution in [2.24, 2.45) is 0 Å². The van der Waals surface area contributed by atoms with Crippen molar-refractivity contribution in [1.82, 2.24) is 0 Å². The highest BCUT2D eigenvalue weighted by molar-refractivity contribution is 9.10. The number of hydrogen-bond donors (Lipinski definition) is 1. The highest BCUT2D eigenvalue weighted by atomic mass is 79.9. The molecular formula is C20H18BrCl2NO4. The zero-order chi connectivity index (χ0) is 20.8. The molecule has 0 aliphatic rings. The second-order valence-electron chi connectivity index (χ2n) is 6.10. The lowest BCUT2D eigenvalue weighted by atomic mass is 10.1. The summed E-state index contributed by atoms with van der Waals surface area (Å²) in [5, 5.41) is 3.31. The van der Waals surface area contributed by atoms with Crippen molar-refractivity contribution in [3.63, 3.8) is 0 Å². The van der Waals surface area contributed by atoms with Crippen molar-refractivity contribution < 1.29 is 19.1 Å². The predicted molar refractivity (Wildman–Crippen MR) is 114 cm³/mol. The SMILES string of the molecule is COC(=O)Cc1cc(Cl)c(Oc2ccc(NC(=O)C=C(C)C)c(Br)c2)c(Cl)c1. The van der Waals surface area contributed by atoms with Crippen LogP contribution in [0.2, 0.25) is 10.0 Å². The first-order valence-electron chi connectivity index (χ1n) is 8.17. The predicted octanol–water partition coefficient (Wildman–Crippen LogP) is 6.17. The van der Waals surface area contributed by atoms with Gasteiger partial charge in [-0.2, -0.15) is 0 Å². The van der Waals surface area contributed by atoms with Gasteiger partial charge in [0.25, 0.3) is 0 Å². The monoisotopic (exact) mass is 485 g/mol. The number of methoxy groups -OCH3 is 1. The van der Waals surface area contributed by atoms with Gasteiger partial charge in [0.15, 0.2) is 5.75 Å². The van der Waals surface area contributed by atoms with Gasteiger partial charge < -0.3 is 14.8 Å². The zero-order valence-electron chi connectivity index (χ0n) is 15.4. The molecule has 1 N–H and O–H groups in total. The number of hydrogen-bond acceptors (Lipinski definition) is 4. The molecule has 148 valence electrons. The molecule has 0 aliphatic heterocycles. The van der Waals surface area contributed by atoms with Crippen LogP contribution >= 0.6 is 39.1 Å². The largest absolute Gasteiger partial charge is 0.469 e. The van der Waals surface area contributed by atoms with Crippen LogP contribution < -0.4 is 10.1 Å². The number of rotatable bonds is 6. The molecule has 0 unspecified atom stereocenters. The normalized spacial score (nSPS) is 10.2. The molecule has 0 radical (unpaired) electrons. The molecule has 2 aromatic carbocycles. The van der Waals surface area contributed by atoms with Gasteiger partial charge in [0, 0.05) is 10.5 Å². The fourth-order valence-corrected chi connectivity index (χ4v) is 3.33. The number of benzene rings is 2. The molecule has 0 aromatic heterocycles. The van der Waals surface area contributed by atoms with Crippen LogP contribution in [0.5, 0.6) is 11.5 Å². The van der Waals surface area contributed by atoms with Crippen molar-refractivity contribution >= 4 is 56.7 Å². The highest BCUT2D eigenvalue weighted by Crippen LogP contribution is 2.39. The molecule has 0 atom stereocenters. The van der Waals surface area contributed by atoms with Crippen molar-refractivity contribution in [3.8, 4) is 11.5 Å². The summed E-state index contributed by atoms with van der Waals surface area (Å²) in [5.74, 6) is 0.124. The van der Waals surface area contributed by atoms with Gasteiger partial charge >= 0.3 is 5.97 Å². The Bertz CT molecular complexity index is 917. The number of carbonyl (C=O) groups excluding carboxylic acids is 2. The number of amides is 1. The van der Waals surface area contributed by atoms with E-state index in [0.29, 0.717) is 21.5 Å². The number of allylic oxidation sites excluding steroid dienone is 1. The Hall–Kier alpha value is -2.02. The summed E-state index contributed by atoms with van der Waals surface area (Å²) in [6, 6.07) is 8.26. The first-order valence-corrected chi connectivity index (χ1v) is 9.72. The van der Waals surface area contributed by atoms with Crippen molar-refractivity contribution in [3.05, 3.63) is 62.1 Å². The third-order valence-electron chi connectivity index (χ3n) is 3.47. The fourth-order valence-electron chi connectivity index (χ4n) is 2.26. The molecule has 0 aliphatic carbocycles. The summed E-state index contributed by atoms with van der Waals surface area (Å²) < 4.78 is 11.1. The van der Waals surface area contributed by atoms with E-state index in [2.05, 4.69) is 26.0 Å². The van der Waals surface area contributed by atoms with Crippen LogP contribution in [-0.2, 0) is 20.7 Å². The van der Waals surface area contributed by atoms with E-state index in [1.165, 1.54) is 13.2 Å². The van der Waals surface area contributed by atoms with Crippen molar-refractivity contribution in [2.45, 2.75) is 20.3 Å². The van der Waals surface area contributed by atoms with Crippen LogP contribution in [0.3, 0.4) is 0 Å². The number of anilines is 1. The smallest absolute Gasteiger partial charge is 0.309 e. The van der Waals surface area contributed by atoms with E-state index < -0.39 is 5.97 Å². The topological polar surface area (TPSA) is 64.6 Å². The Morgan fingerprint density at radius 2 is 1.79 bits per heavy atom. The molecule has 8 heteroatoms. The van der Waals surface area contributed by atoms with E-state index in [4.69, 9.17) is 27.9 Å². The first kappa shape index (κ1) is 22.3. The van der Waals surface area contributed by atoms with E-state index in [-0.39, 0.29) is 28.1 Å². The van der Waals surface area contributed by atoms with E-state index >= 15 is 0 Å². The van der Waals surface area contributed by atoms with Crippen LogP contribution in [-0.4, -0.2) is 19.0 Å². The van der Waals surface area contributed by atoms with Crippen molar-refractivity contribution in [2.75, 3.05) is 12.4 Å². The average Bonchev–Trinajstić information content (AvgIpc) is 2.59. The van der Waals surface area contributed by atoms with Gasteiger partial charge in [-0.25, -0.2) is 0 Å². The van der Waals surface area contributed by atoms with Gasteiger partial charge in [-0.15, -0.1) is 0 Å². The second-order valence-corrected chi connectivity index (χ2v) is 7.76. The Kier molecular flexibility index (Phi) is 7.92. The molecule has 0 bridgehead atoms. The molecule has 0 heterocycles. The van der Waals surface area contributed by atoms with Gasteiger partial charge in [-0.3, -0.25) is 9.59 Å². The van der Waals surface area contributed by atoms with Crippen LogP contribution in [0.1, 0.15) is 19.4 Å². The third kappa shape index (κ3) is 6.26. The number of nitrogens with one attached hydrogen (secondary N) is 1. The molecule has 28 heavy (non-hydrogen) atoms. The maximum Gasteiger partial charge on any atom is 0.309 e. The maximum atomic E-state index is 11.9. The Labute approximate surface area is 181 Å². The molecule has 1 amide bonds. The Balaban J connectivity index is 2.19. The van der Waals surface area contributed by atoms with Gasteiger partial charge in [0.05, 0.1) is 29.3 Å². The lowest BCUT2D eigenvalue weighted by Crippen LogP contribution is -2.08. The van der Waals surface area contributed by atoms with Gasteiger partial charge in [0.1, 0.15) is 5.75 Å². The summed E-state index contributed by atoms with van der Waals surface area (Å²) in [4.78, 5) is 23.3. The van der Waals surface area contributed by atoms with E-state index in [1.807, 2.05) is 13.8 Å². The standard InChI is InChI=1S/C20H18BrCl2NO4/c1-11(2)6-18(25)24-17-5-4-13(10-14(17)21)28-20-15(22)7-12(8-16(20)23)9-19(26)27-3/h4-8,10H,9H2,1-3H3,(H,24,25). The minimum absolute atomic E-state index is 0.0574. The van der Waals surface area contributed by atoms with Crippen LogP contribution in [0.25, 0.3) is 0 Å². The minimum Gasteiger partial charge on any atom is -0.469 e. The lowest BCUT2D eigenvalue weighted by Gasteiger charge is -2.13. The molecular weight excluding hydrogens is 469 g/mol. The average molecular weight is 487 g/mol. The summed E-state index contributed by atoms with van der Waals surface area (Å²) in [6.07, 6.45) is 1.56. The third-order valence-corrected chi connectivity index (χ3v) is 4.69. The molecule has 2 aromatic rings. The summed E-state index contributed by atoms with van der Waals surface area (Å²) >= 11 is 15.9. The number of ether oxygens (including phenoxy) is 2. The maximum absolute atomic E-state index is 11.9. The molecule has 0 spiro atoms. The lowest BCUT2D eigenvalue weighted by molar-refractivity contribution is -0.139. The van der Waals surface area contributed by atoms with Gasteiger partial charge in [-0.05, 0) is 65.7 Å². The van der Waals surface area contributed by atoms with Gasteiger partial charge in [0.2, 0.25) is 5.91 Å². The van der Waals surface area contributed by atoms with E-state index in [9.17, 15) is 9.59 Å². The van der Waals surface area contributed by atoms with Gasteiger partial charge in [-0.1, -0.05) is 28.8 Å². The molecule has 0 fully saturated rings. The molecule has 5 nitrogen and oxygen atoms in total. The number of halogens is 3. The molecule has 2 rings (SSSR count). The number of carbonyl (C=O) groups is 2. The summed E-state index contributed by atoms with van der Waals surface area (Å²) in [6.45, 7) is 3.69. The Morgan fingerprint density at radius 3 is 2.32 bits per heavy atom.